The largest absolute Gasteiger partial charge is 0.573 e. The Kier molecular flexibility index (Phi) is 9.67. The Morgan fingerprint density at radius 1 is 0.636 bits per heavy atom. The van der Waals surface area contributed by atoms with Gasteiger partial charge in [-0.05, 0) is 82.4 Å². The van der Waals surface area contributed by atoms with Crippen molar-refractivity contribution in [3.05, 3.63) is 102 Å². The van der Waals surface area contributed by atoms with Gasteiger partial charge >= 0.3 is 18.7 Å². The van der Waals surface area contributed by atoms with Gasteiger partial charge in [-0.1, -0.05) is 36.4 Å². The second-order valence-corrected chi connectivity index (χ2v) is 9.28. The zero-order valence-corrected chi connectivity index (χ0v) is 22.5. The topological polar surface area (TPSA) is 94.1 Å². The molecular weight excluding hydrogens is 596 g/mol. The summed E-state index contributed by atoms with van der Waals surface area (Å²) in [7, 11) is 0. The van der Waals surface area contributed by atoms with Gasteiger partial charge in [-0.3, -0.25) is 9.59 Å². The number of nitrogens with one attached hydrogen (secondary N) is 1. The van der Waals surface area contributed by atoms with Crippen LogP contribution in [0.15, 0.2) is 91.0 Å². The monoisotopic (exact) mass is 619 g/mol. The third-order valence-corrected chi connectivity index (χ3v) is 6.00. The molecule has 0 heterocycles. The Morgan fingerprint density at radius 3 is 1.55 bits per heavy atom. The van der Waals surface area contributed by atoms with Gasteiger partial charge in [0.1, 0.15) is 23.9 Å². The van der Waals surface area contributed by atoms with Crippen molar-refractivity contribution in [1.29, 1.82) is 0 Å². The number of hydrogen-bond donors (Lipinski definition) is 2. The van der Waals surface area contributed by atoms with E-state index in [-0.39, 0.29) is 19.6 Å². The lowest BCUT2D eigenvalue weighted by atomic mass is 9.98. The average Bonchev–Trinajstić information content (AvgIpc) is 2.95. The van der Waals surface area contributed by atoms with E-state index in [1.54, 1.807) is 42.5 Å². The van der Waals surface area contributed by atoms with Gasteiger partial charge in [-0.25, -0.2) is 0 Å². The fraction of sp³-hybridized carbons (Fsp3) is 0.161. The molecule has 230 valence electrons. The van der Waals surface area contributed by atoms with Crippen LogP contribution in [0.5, 0.6) is 17.2 Å². The van der Waals surface area contributed by atoms with Crippen LogP contribution in [-0.4, -0.2) is 36.3 Å². The fourth-order valence-electron chi connectivity index (χ4n) is 4.02. The molecule has 0 aliphatic carbocycles. The lowest BCUT2D eigenvalue weighted by Gasteiger charge is -2.14. The van der Waals surface area contributed by atoms with Crippen LogP contribution in [0.3, 0.4) is 0 Å². The van der Waals surface area contributed by atoms with E-state index in [1.165, 1.54) is 24.3 Å². The smallest absolute Gasteiger partial charge is 0.489 e. The number of amides is 1. The molecule has 0 saturated carbocycles. The minimum Gasteiger partial charge on any atom is -0.489 e. The molecule has 0 atom stereocenters. The summed E-state index contributed by atoms with van der Waals surface area (Å²) in [4.78, 5) is 22.8. The molecular formula is C31H23F6NO6. The maximum absolute atomic E-state index is 12.6. The van der Waals surface area contributed by atoms with Crippen LogP contribution < -0.4 is 19.5 Å². The van der Waals surface area contributed by atoms with Crippen LogP contribution in [-0.2, 0) is 11.4 Å². The Balaban J connectivity index is 1.56. The fourth-order valence-corrected chi connectivity index (χ4v) is 4.02. The highest BCUT2D eigenvalue weighted by atomic mass is 19.4. The van der Waals surface area contributed by atoms with Crippen molar-refractivity contribution in [2.24, 2.45) is 0 Å². The number of halogens is 6. The molecule has 0 saturated heterocycles. The van der Waals surface area contributed by atoms with E-state index in [2.05, 4.69) is 14.8 Å². The number of carbonyl (C=O) groups excluding carboxylic acids is 1. The van der Waals surface area contributed by atoms with Gasteiger partial charge in [-0.2, -0.15) is 0 Å². The predicted octanol–water partition coefficient (Wildman–Crippen LogP) is 7.60. The van der Waals surface area contributed by atoms with Crippen molar-refractivity contribution in [1.82, 2.24) is 5.32 Å². The van der Waals surface area contributed by atoms with Crippen molar-refractivity contribution < 1.29 is 55.2 Å². The molecule has 0 unspecified atom stereocenters. The van der Waals surface area contributed by atoms with Crippen LogP contribution in [0.1, 0.15) is 22.3 Å². The van der Waals surface area contributed by atoms with Crippen molar-refractivity contribution in [3.8, 4) is 39.5 Å². The van der Waals surface area contributed by atoms with E-state index in [0.717, 1.165) is 24.3 Å². The van der Waals surface area contributed by atoms with Gasteiger partial charge in [0, 0.05) is 12.1 Å². The summed E-state index contributed by atoms with van der Waals surface area (Å²) in [5.41, 5.74) is 3.11. The molecule has 2 N–H and O–H groups in total. The summed E-state index contributed by atoms with van der Waals surface area (Å²) in [6, 6.07) is 21.7. The molecule has 4 rings (SSSR count). The highest BCUT2D eigenvalue weighted by Gasteiger charge is 2.31. The van der Waals surface area contributed by atoms with E-state index in [4.69, 9.17) is 9.84 Å². The number of rotatable bonds is 11. The molecule has 0 aliphatic heterocycles. The predicted molar refractivity (Wildman–Crippen MR) is 146 cm³/mol. The maximum Gasteiger partial charge on any atom is 0.573 e. The first-order valence-electron chi connectivity index (χ1n) is 12.8. The first-order valence-corrected chi connectivity index (χ1v) is 12.8. The second-order valence-electron chi connectivity index (χ2n) is 9.28. The summed E-state index contributed by atoms with van der Waals surface area (Å²) in [6.07, 6.45) is -9.92. The number of carbonyl (C=O) groups is 2. The van der Waals surface area contributed by atoms with Gasteiger partial charge in [0.15, 0.2) is 0 Å². The van der Waals surface area contributed by atoms with E-state index in [9.17, 15) is 35.9 Å². The Morgan fingerprint density at radius 2 is 1.11 bits per heavy atom. The number of aliphatic carboxylic acids is 1. The molecule has 0 bridgehead atoms. The summed E-state index contributed by atoms with van der Waals surface area (Å²) in [5, 5.41) is 11.2. The van der Waals surface area contributed by atoms with Gasteiger partial charge in [0.25, 0.3) is 5.91 Å². The number of hydrogen-bond acceptors (Lipinski definition) is 5. The highest BCUT2D eigenvalue weighted by Crippen LogP contribution is 2.34. The molecule has 0 aromatic heterocycles. The molecule has 1 amide bonds. The average molecular weight is 620 g/mol. The Bertz CT molecular complexity index is 1510. The standard InChI is InChI=1S/C31H23F6NO6/c32-30(33,34)43-25-9-5-20(6-10-25)23-15-24(21-7-11-26(12-8-21)44-31(35,36)37)17-27(16-23)42-18-19-1-3-22(4-2-19)29(41)38-14-13-28(39)40/h1-12,15-17H,13-14,18H2,(H,38,41)(H,39,40). The zero-order chi connectivity index (χ0) is 31.9. The van der Waals surface area contributed by atoms with E-state index >= 15 is 0 Å². The summed E-state index contributed by atoms with van der Waals surface area (Å²) < 4.78 is 89.4. The van der Waals surface area contributed by atoms with Crippen LogP contribution in [0, 0.1) is 0 Å². The van der Waals surface area contributed by atoms with Gasteiger partial charge in [-0.15, -0.1) is 26.3 Å². The number of ether oxygens (including phenoxy) is 3. The molecule has 13 heteroatoms. The minimum atomic E-state index is -4.85. The zero-order valence-electron chi connectivity index (χ0n) is 22.5. The lowest BCUT2D eigenvalue weighted by molar-refractivity contribution is -0.275. The van der Waals surface area contributed by atoms with E-state index in [1.807, 2.05) is 0 Å². The quantitative estimate of drug-likeness (QED) is 0.168. The summed E-state index contributed by atoms with van der Waals surface area (Å²) in [6.45, 7) is 0.0361. The third-order valence-electron chi connectivity index (χ3n) is 6.00. The maximum atomic E-state index is 12.6. The summed E-state index contributed by atoms with van der Waals surface area (Å²) >= 11 is 0. The summed E-state index contributed by atoms with van der Waals surface area (Å²) in [5.74, 6) is -1.94. The third kappa shape index (κ3) is 9.68. The molecule has 0 spiro atoms. The first-order chi connectivity index (χ1) is 20.7. The first kappa shape index (κ1) is 31.7. The second kappa shape index (κ2) is 13.4. The number of alkyl halides is 6. The number of carboxylic acids is 1. The van der Waals surface area contributed by atoms with Gasteiger partial charge in [0.2, 0.25) is 0 Å². The molecule has 4 aromatic carbocycles. The van der Waals surface area contributed by atoms with Gasteiger partial charge < -0.3 is 24.6 Å². The molecule has 0 aliphatic rings. The van der Waals surface area contributed by atoms with E-state index in [0.29, 0.717) is 39.1 Å². The molecule has 7 nitrogen and oxygen atoms in total. The highest BCUT2D eigenvalue weighted by molar-refractivity contribution is 5.94. The number of carboxylic acid groups (broad SMARTS) is 1. The minimum absolute atomic E-state index is 0.0200. The SMILES string of the molecule is O=C(O)CCNC(=O)c1ccc(COc2cc(-c3ccc(OC(F)(F)F)cc3)cc(-c3ccc(OC(F)(F)F)cc3)c2)cc1. The molecule has 0 fully saturated rings. The van der Waals surface area contributed by atoms with Crippen LogP contribution in [0.4, 0.5) is 26.3 Å². The molecule has 4 aromatic rings. The van der Waals surface area contributed by atoms with Crippen molar-refractivity contribution in [3.63, 3.8) is 0 Å². The van der Waals surface area contributed by atoms with Crippen LogP contribution >= 0.6 is 0 Å². The Labute approximate surface area is 246 Å². The van der Waals surface area contributed by atoms with Gasteiger partial charge in [0.05, 0.1) is 6.42 Å². The molecule has 44 heavy (non-hydrogen) atoms. The molecule has 0 radical (unpaired) electrons. The normalized spacial score (nSPS) is 11.5. The van der Waals surface area contributed by atoms with Crippen molar-refractivity contribution in [2.75, 3.05) is 6.54 Å². The van der Waals surface area contributed by atoms with Crippen molar-refractivity contribution in [2.45, 2.75) is 25.8 Å². The lowest BCUT2D eigenvalue weighted by Crippen LogP contribution is -2.25. The van der Waals surface area contributed by atoms with Crippen molar-refractivity contribution >= 4 is 11.9 Å². The van der Waals surface area contributed by atoms with Crippen LogP contribution in [0.25, 0.3) is 22.3 Å². The Hall–Kier alpha value is -5.20. The van der Waals surface area contributed by atoms with Crippen LogP contribution in [0.2, 0.25) is 0 Å². The number of benzene rings is 4. The van der Waals surface area contributed by atoms with E-state index < -0.39 is 36.1 Å².